The normalized spacial score (nSPS) is 18.7. The van der Waals surface area contributed by atoms with Crippen LogP contribution in [0.15, 0.2) is 59.5 Å². The first-order valence-electron chi connectivity index (χ1n) is 10.1. The van der Waals surface area contributed by atoms with E-state index in [0.29, 0.717) is 24.2 Å². The molecule has 3 aromatic rings. The van der Waals surface area contributed by atoms with Crippen LogP contribution < -0.4 is 5.43 Å². The second-order valence-electron chi connectivity index (χ2n) is 7.73. The summed E-state index contributed by atoms with van der Waals surface area (Å²) in [6.45, 7) is 1.07. The van der Waals surface area contributed by atoms with Crippen molar-refractivity contribution in [2.75, 3.05) is 13.1 Å². The summed E-state index contributed by atoms with van der Waals surface area (Å²) < 4.78 is 29.9. The van der Waals surface area contributed by atoms with E-state index in [1.54, 1.807) is 29.3 Å². The largest absolute Gasteiger partial charge is 0.287 e. The predicted molar refractivity (Wildman–Crippen MR) is 108 cm³/mol. The number of benzene rings is 2. The minimum absolute atomic E-state index is 0.0495. The first-order valence-corrected chi connectivity index (χ1v) is 10.1. The van der Waals surface area contributed by atoms with Crippen LogP contribution in [0.1, 0.15) is 46.5 Å². The van der Waals surface area contributed by atoms with E-state index in [1.807, 2.05) is 5.01 Å². The Morgan fingerprint density at radius 3 is 2.26 bits per heavy atom. The van der Waals surface area contributed by atoms with Gasteiger partial charge in [-0.15, -0.1) is 0 Å². The van der Waals surface area contributed by atoms with E-state index in [4.69, 9.17) is 0 Å². The molecule has 1 fully saturated rings. The second-order valence-corrected chi connectivity index (χ2v) is 7.73. The Morgan fingerprint density at radius 2 is 1.61 bits per heavy atom. The number of carbonyl (C=O) groups is 1. The molecule has 2 aliphatic heterocycles. The summed E-state index contributed by atoms with van der Waals surface area (Å²) in [5, 5.41) is 7.75. The van der Waals surface area contributed by atoms with Crippen LogP contribution in [0.2, 0.25) is 0 Å². The van der Waals surface area contributed by atoms with Gasteiger partial charge in [0, 0.05) is 19.0 Å². The quantitative estimate of drug-likeness (QED) is 0.652. The Bertz CT molecular complexity index is 1170. The van der Waals surface area contributed by atoms with Crippen molar-refractivity contribution in [2.24, 2.45) is 0 Å². The lowest BCUT2D eigenvalue weighted by molar-refractivity contribution is -0.103. The Balaban J connectivity index is 1.77. The fraction of sp³-hybridized carbons (Fsp3) is 0.261. The van der Waals surface area contributed by atoms with Gasteiger partial charge in [-0.05, 0) is 48.2 Å². The molecule has 0 aliphatic carbocycles. The van der Waals surface area contributed by atoms with Crippen molar-refractivity contribution in [3.8, 4) is 0 Å². The van der Waals surface area contributed by atoms with E-state index in [2.05, 4.69) is 11.2 Å². The topological polar surface area (TPSA) is 58.4 Å². The molecule has 6 nitrogen and oxygen atoms in total. The molecule has 0 unspecified atom stereocenters. The van der Waals surface area contributed by atoms with Crippen LogP contribution in [0.25, 0.3) is 0 Å². The number of aromatic nitrogens is 2. The maximum Gasteiger partial charge on any atom is 0.287 e. The molecule has 0 bridgehead atoms. The van der Waals surface area contributed by atoms with E-state index < -0.39 is 29.1 Å². The van der Waals surface area contributed by atoms with Gasteiger partial charge >= 0.3 is 0 Å². The minimum atomic E-state index is -0.603. The predicted octanol–water partition coefficient (Wildman–Crippen LogP) is 3.12. The van der Waals surface area contributed by atoms with E-state index in [9.17, 15) is 18.4 Å². The molecule has 2 aliphatic rings. The number of fused-ring (bicyclic) bond motifs is 2. The highest BCUT2D eigenvalue weighted by molar-refractivity contribution is 5.92. The van der Waals surface area contributed by atoms with Crippen molar-refractivity contribution >= 4 is 5.91 Å². The summed E-state index contributed by atoms with van der Waals surface area (Å²) in [5.41, 5.74) is 0.786. The summed E-state index contributed by atoms with van der Waals surface area (Å²) in [5.74, 6) is -1.73. The maximum absolute atomic E-state index is 14.2. The molecule has 157 valence electrons. The van der Waals surface area contributed by atoms with Gasteiger partial charge in [0.2, 0.25) is 5.43 Å². The Kier molecular flexibility index (Phi) is 4.86. The lowest BCUT2D eigenvalue weighted by Crippen LogP contribution is -2.59. The average molecular weight is 421 g/mol. The van der Waals surface area contributed by atoms with Gasteiger partial charge < -0.3 is 0 Å². The highest BCUT2D eigenvalue weighted by Gasteiger charge is 2.44. The van der Waals surface area contributed by atoms with Gasteiger partial charge in [-0.1, -0.05) is 24.3 Å². The number of nitrogens with zero attached hydrogens (tertiary/aromatic N) is 4. The average Bonchev–Trinajstić information content (AvgIpc) is 2.77. The minimum Gasteiger partial charge on any atom is -0.287 e. The Hall–Kier alpha value is -3.39. The van der Waals surface area contributed by atoms with Crippen molar-refractivity contribution in [1.29, 1.82) is 0 Å². The fourth-order valence-electron chi connectivity index (χ4n) is 4.51. The molecule has 3 heterocycles. The zero-order valence-electron chi connectivity index (χ0n) is 16.5. The monoisotopic (exact) mass is 421 g/mol. The smallest absolute Gasteiger partial charge is 0.287 e. The van der Waals surface area contributed by atoms with E-state index in [-0.39, 0.29) is 11.6 Å². The second kappa shape index (κ2) is 7.70. The Labute approximate surface area is 177 Å². The van der Waals surface area contributed by atoms with Crippen molar-refractivity contribution in [3.05, 3.63) is 99.5 Å². The first-order chi connectivity index (χ1) is 15.0. The molecule has 1 atom stereocenters. The van der Waals surface area contributed by atoms with Crippen molar-refractivity contribution in [1.82, 2.24) is 19.8 Å². The first kappa shape index (κ1) is 19.6. The molecule has 8 heteroatoms. The summed E-state index contributed by atoms with van der Waals surface area (Å²) in [7, 11) is 0. The third kappa shape index (κ3) is 3.42. The van der Waals surface area contributed by atoms with Crippen LogP contribution >= 0.6 is 0 Å². The lowest BCUT2D eigenvalue weighted by atomic mass is 9.87. The van der Waals surface area contributed by atoms with Crippen LogP contribution in [0, 0.1) is 17.7 Å². The van der Waals surface area contributed by atoms with Crippen molar-refractivity contribution < 1.29 is 13.6 Å². The molecular weight excluding hydrogens is 402 g/mol. The molecule has 2 aromatic carbocycles. The number of hydrogen-bond donors (Lipinski definition) is 0. The van der Waals surface area contributed by atoms with Crippen LogP contribution in [0.5, 0.6) is 0 Å². The molecule has 1 saturated heterocycles. The van der Waals surface area contributed by atoms with E-state index in [1.165, 1.54) is 28.9 Å². The standard InChI is InChI=1S/C23H19F2N4O2/c24-17-7-3-5-15(11-17)21(16-6-4-8-18(25)12-16)22-27-9-1-2-10-28(27)23(31)20-13-19(30)14-26-29(20)22/h3-8,11-12,14,21-22H,1-2,9-10H2/t22-/m0/s1. The highest BCUT2D eigenvalue weighted by atomic mass is 19.1. The molecule has 31 heavy (non-hydrogen) atoms. The number of hydrazine groups is 1. The molecule has 1 amide bonds. The van der Waals surface area contributed by atoms with Gasteiger partial charge in [-0.3, -0.25) is 14.6 Å². The number of halogens is 2. The zero-order valence-corrected chi connectivity index (χ0v) is 16.5. The van der Waals surface area contributed by atoms with Gasteiger partial charge in [-0.25, -0.2) is 13.5 Å². The zero-order chi connectivity index (χ0) is 21.5. The number of amides is 1. The van der Waals surface area contributed by atoms with Crippen molar-refractivity contribution in [3.63, 3.8) is 0 Å². The van der Waals surface area contributed by atoms with Gasteiger partial charge in [0.15, 0.2) is 0 Å². The molecule has 1 radical (unpaired) electrons. The SMILES string of the molecule is O=C1c2[c]c(=O)cnn2[C@@H](C(c2cccc(F)c2)c2cccc(F)c2)N2CCCCN12. The summed E-state index contributed by atoms with van der Waals surface area (Å²) in [6, 6.07) is 14.9. The van der Waals surface area contributed by atoms with E-state index >= 15 is 0 Å². The van der Waals surface area contributed by atoms with Gasteiger partial charge in [0.25, 0.3) is 5.91 Å². The highest BCUT2D eigenvalue weighted by Crippen LogP contribution is 2.42. The summed E-state index contributed by atoms with van der Waals surface area (Å²) >= 11 is 0. The molecule has 0 spiro atoms. The lowest BCUT2D eigenvalue weighted by Gasteiger charge is -2.49. The summed E-state index contributed by atoms with van der Waals surface area (Å²) in [4.78, 5) is 25.0. The number of hydrogen-bond acceptors (Lipinski definition) is 4. The van der Waals surface area contributed by atoms with Crippen LogP contribution in [-0.4, -0.2) is 38.8 Å². The van der Waals surface area contributed by atoms with Crippen LogP contribution in [-0.2, 0) is 0 Å². The summed E-state index contributed by atoms with van der Waals surface area (Å²) in [6.07, 6.45) is 2.19. The molecule has 0 saturated carbocycles. The maximum atomic E-state index is 14.2. The molecule has 1 aromatic heterocycles. The third-order valence-corrected chi connectivity index (χ3v) is 5.79. The fourth-order valence-corrected chi connectivity index (χ4v) is 4.51. The van der Waals surface area contributed by atoms with E-state index in [0.717, 1.165) is 19.0 Å². The molecule has 5 rings (SSSR count). The number of rotatable bonds is 3. The number of carbonyl (C=O) groups excluding carboxylic acids is 1. The van der Waals surface area contributed by atoms with Crippen molar-refractivity contribution in [2.45, 2.75) is 24.9 Å². The van der Waals surface area contributed by atoms with Crippen LogP contribution in [0.4, 0.5) is 8.78 Å². The van der Waals surface area contributed by atoms with Crippen LogP contribution in [0.3, 0.4) is 0 Å². The Morgan fingerprint density at radius 1 is 0.968 bits per heavy atom. The third-order valence-electron chi connectivity index (χ3n) is 5.79. The molecular formula is C23H19F2N4O2. The van der Waals surface area contributed by atoms with Gasteiger partial charge in [0.05, 0.1) is 12.3 Å². The van der Waals surface area contributed by atoms with Gasteiger partial charge in [0.1, 0.15) is 23.5 Å². The molecule has 0 N–H and O–H groups in total. The van der Waals surface area contributed by atoms with Gasteiger partial charge in [-0.2, -0.15) is 10.1 Å².